The van der Waals surface area contributed by atoms with Gasteiger partial charge in [-0.3, -0.25) is 4.79 Å². The molecule has 2 aromatic rings. The molecule has 0 bridgehead atoms. The summed E-state index contributed by atoms with van der Waals surface area (Å²) in [6.07, 6.45) is -1.35. The molecule has 1 amide bonds. The lowest BCUT2D eigenvalue weighted by atomic mass is 9.95. The Bertz CT molecular complexity index is 809. The number of amides is 1. The second-order valence-corrected chi connectivity index (χ2v) is 7.91. The number of hydrogen-bond acceptors (Lipinski definition) is 4. The van der Waals surface area contributed by atoms with Crippen LogP contribution in [0.2, 0.25) is 0 Å². The van der Waals surface area contributed by atoms with E-state index in [1.807, 2.05) is 5.38 Å². The lowest BCUT2D eigenvalue weighted by Crippen LogP contribution is -2.39. The highest BCUT2D eigenvalue weighted by Crippen LogP contribution is 2.35. The first-order valence-corrected chi connectivity index (χ1v) is 9.87. The number of rotatable bonds is 3. The van der Waals surface area contributed by atoms with Crippen molar-refractivity contribution >= 4 is 17.2 Å². The fraction of sp³-hybridized carbons (Fsp3) is 0.556. The fourth-order valence-electron chi connectivity index (χ4n) is 3.75. The van der Waals surface area contributed by atoms with E-state index >= 15 is 0 Å². The number of imidazole rings is 1. The summed E-state index contributed by atoms with van der Waals surface area (Å²) in [6.45, 7) is 1.68. The largest absolute Gasteiger partial charge is 0.432 e. The van der Waals surface area contributed by atoms with Gasteiger partial charge in [-0.2, -0.15) is 13.2 Å². The monoisotopic (exact) mass is 399 g/mol. The fourth-order valence-corrected chi connectivity index (χ4v) is 4.76. The Kier molecular flexibility index (Phi) is 4.98. The molecule has 0 spiro atoms. The van der Waals surface area contributed by atoms with E-state index in [9.17, 15) is 18.0 Å². The standard InChI is InChI=1S/C18H20F3N3O2S/c19-18(20,21)14-10-22-17(23-14)12-1-5-24(6-2-12)15(25)9-13-16-11(3-7-26-13)4-8-27-16/h4,8,10,12-13H,1-3,5-7,9H2,(H,22,23). The Morgan fingerprint density at radius 2 is 2.15 bits per heavy atom. The van der Waals surface area contributed by atoms with Gasteiger partial charge < -0.3 is 14.6 Å². The van der Waals surface area contributed by atoms with Crippen molar-refractivity contribution in [2.45, 2.75) is 43.9 Å². The van der Waals surface area contributed by atoms with Crippen LogP contribution < -0.4 is 0 Å². The Balaban J connectivity index is 1.33. The van der Waals surface area contributed by atoms with Gasteiger partial charge in [0.2, 0.25) is 5.91 Å². The Morgan fingerprint density at radius 3 is 2.85 bits per heavy atom. The lowest BCUT2D eigenvalue weighted by molar-refractivity contribution is -0.141. The van der Waals surface area contributed by atoms with E-state index in [1.165, 1.54) is 5.56 Å². The van der Waals surface area contributed by atoms with Crippen LogP contribution in [0.4, 0.5) is 13.2 Å². The third-order valence-corrected chi connectivity index (χ3v) is 6.31. The van der Waals surface area contributed by atoms with Crippen LogP contribution in [0.15, 0.2) is 17.6 Å². The van der Waals surface area contributed by atoms with Gasteiger partial charge in [0.25, 0.3) is 0 Å². The summed E-state index contributed by atoms with van der Waals surface area (Å²) in [7, 11) is 0. The Morgan fingerprint density at radius 1 is 1.37 bits per heavy atom. The van der Waals surface area contributed by atoms with Crippen LogP contribution in [0.1, 0.15) is 53.2 Å². The second kappa shape index (κ2) is 7.27. The summed E-state index contributed by atoms with van der Waals surface area (Å²) in [5, 5.41) is 2.03. The molecule has 1 unspecified atom stereocenters. The van der Waals surface area contributed by atoms with Crippen molar-refractivity contribution in [1.29, 1.82) is 0 Å². The summed E-state index contributed by atoms with van der Waals surface area (Å²) in [5.74, 6) is 0.309. The minimum absolute atomic E-state index is 0.0372. The molecule has 146 valence electrons. The molecule has 5 nitrogen and oxygen atoms in total. The van der Waals surface area contributed by atoms with E-state index < -0.39 is 11.9 Å². The third kappa shape index (κ3) is 3.89. The number of piperidine rings is 1. The maximum atomic E-state index is 12.7. The molecule has 9 heteroatoms. The van der Waals surface area contributed by atoms with Crippen LogP contribution in [0, 0.1) is 0 Å². The van der Waals surface area contributed by atoms with Crippen molar-refractivity contribution in [3.05, 3.63) is 39.6 Å². The third-order valence-electron chi connectivity index (χ3n) is 5.26. The molecule has 4 heterocycles. The zero-order chi connectivity index (χ0) is 19.0. The number of halogens is 3. The van der Waals surface area contributed by atoms with Crippen LogP contribution >= 0.6 is 11.3 Å². The summed E-state index contributed by atoms with van der Waals surface area (Å²) < 4.78 is 43.9. The molecule has 1 atom stereocenters. The van der Waals surface area contributed by atoms with Crippen molar-refractivity contribution in [2.24, 2.45) is 0 Å². The lowest BCUT2D eigenvalue weighted by Gasteiger charge is -2.32. The predicted molar refractivity (Wildman–Crippen MR) is 93.5 cm³/mol. The highest BCUT2D eigenvalue weighted by Gasteiger charge is 2.35. The maximum Gasteiger partial charge on any atom is 0.432 e. The normalized spacial score (nSPS) is 21.3. The quantitative estimate of drug-likeness (QED) is 0.852. The van der Waals surface area contributed by atoms with Gasteiger partial charge in [-0.25, -0.2) is 4.98 Å². The van der Waals surface area contributed by atoms with E-state index in [4.69, 9.17) is 4.74 Å². The highest BCUT2D eigenvalue weighted by atomic mass is 32.1. The molecule has 0 aliphatic carbocycles. The van der Waals surface area contributed by atoms with Gasteiger partial charge in [-0.05, 0) is 36.3 Å². The van der Waals surface area contributed by atoms with E-state index in [1.54, 1.807) is 16.2 Å². The number of aromatic amines is 1. The maximum absolute atomic E-state index is 12.7. The number of carbonyl (C=O) groups is 1. The highest BCUT2D eigenvalue weighted by molar-refractivity contribution is 7.10. The number of carbonyl (C=O) groups excluding carboxylic acids is 1. The van der Waals surface area contributed by atoms with Crippen molar-refractivity contribution < 1.29 is 22.7 Å². The molecule has 2 aliphatic rings. The topological polar surface area (TPSA) is 58.2 Å². The average Bonchev–Trinajstić information content (AvgIpc) is 3.31. The molecule has 1 fully saturated rings. The number of nitrogens with one attached hydrogen (secondary N) is 1. The van der Waals surface area contributed by atoms with Gasteiger partial charge in [0.1, 0.15) is 17.6 Å². The smallest absolute Gasteiger partial charge is 0.372 e. The van der Waals surface area contributed by atoms with Gasteiger partial charge in [-0.1, -0.05) is 0 Å². The van der Waals surface area contributed by atoms with E-state index in [0.717, 1.165) is 17.5 Å². The summed E-state index contributed by atoms with van der Waals surface area (Å²) in [5.41, 5.74) is 0.443. The molecule has 2 aliphatic heterocycles. The summed E-state index contributed by atoms with van der Waals surface area (Å²) in [6, 6.07) is 2.09. The van der Waals surface area contributed by atoms with Crippen LogP contribution in [0.3, 0.4) is 0 Å². The van der Waals surface area contributed by atoms with Crippen molar-refractivity contribution in [3.8, 4) is 0 Å². The predicted octanol–water partition coefficient (Wildman–Crippen LogP) is 3.90. The molecular formula is C18H20F3N3O2S. The van der Waals surface area contributed by atoms with Gasteiger partial charge >= 0.3 is 6.18 Å². The zero-order valence-electron chi connectivity index (χ0n) is 14.6. The number of alkyl halides is 3. The molecule has 2 aromatic heterocycles. The number of ether oxygens (including phenoxy) is 1. The Labute approximate surface area is 158 Å². The first-order chi connectivity index (χ1) is 12.9. The summed E-state index contributed by atoms with van der Waals surface area (Å²) in [4.78, 5) is 21.9. The molecule has 4 rings (SSSR count). The van der Waals surface area contributed by atoms with Gasteiger partial charge in [0, 0.05) is 23.9 Å². The number of aromatic nitrogens is 2. The van der Waals surface area contributed by atoms with E-state index in [0.29, 0.717) is 44.8 Å². The zero-order valence-corrected chi connectivity index (χ0v) is 15.4. The molecule has 0 aromatic carbocycles. The number of thiophene rings is 1. The molecule has 1 saturated heterocycles. The SMILES string of the molecule is O=C(CC1OCCc2ccsc21)N1CCC(c2ncc(C(F)(F)F)[nH]2)CC1. The minimum atomic E-state index is -4.41. The number of nitrogens with zero attached hydrogens (tertiary/aromatic N) is 2. The second-order valence-electron chi connectivity index (χ2n) is 6.96. The first kappa shape index (κ1) is 18.5. The van der Waals surface area contributed by atoms with Gasteiger partial charge in [0.05, 0.1) is 19.2 Å². The van der Waals surface area contributed by atoms with Crippen molar-refractivity contribution in [3.63, 3.8) is 0 Å². The number of H-pyrrole nitrogens is 1. The average molecular weight is 399 g/mol. The molecule has 27 heavy (non-hydrogen) atoms. The molecule has 0 saturated carbocycles. The number of fused-ring (bicyclic) bond motifs is 1. The van der Waals surface area contributed by atoms with Gasteiger partial charge in [-0.15, -0.1) is 11.3 Å². The van der Waals surface area contributed by atoms with Crippen LogP contribution in [0.25, 0.3) is 0 Å². The summed E-state index contributed by atoms with van der Waals surface area (Å²) >= 11 is 1.62. The number of hydrogen-bond donors (Lipinski definition) is 1. The van der Waals surface area contributed by atoms with Crippen molar-refractivity contribution in [1.82, 2.24) is 14.9 Å². The number of likely N-dealkylation sites (tertiary alicyclic amines) is 1. The molecular weight excluding hydrogens is 379 g/mol. The van der Waals surface area contributed by atoms with E-state index in [2.05, 4.69) is 16.0 Å². The van der Waals surface area contributed by atoms with E-state index in [-0.39, 0.29) is 17.9 Å². The van der Waals surface area contributed by atoms with Crippen LogP contribution in [-0.4, -0.2) is 40.5 Å². The van der Waals surface area contributed by atoms with Crippen LogP contribution in [0.5, 0.6) is 0 Å². The van der Waals surface area contributed by atoms with Crippen molar-refractivity contribution in [2.75, 3.05) is 19.7 Å². The van der Waals surface area contributed by atoms with Crippen LogP contribution in [-0.2, 0) is 22.1 Å². The van der Waals surface area contributed by atoms with Gasteiger partial charge in [0.15, 0.2) is 0 Å². The molecule has 0 radical (unpaired) electrons. The Hall–Kier alpha value is -1.87. The minimum Gasteiger partial charge on any atom is -0.372 e. The first-order valence-electron chi connectivity index (χ1n) is 8.99. The molecule has 1 N–H and O–H groups in total.